The van der Waals surface area contributed by atoms with Crippen molar-refractivity contribution in [1.29, 1.82) is 0 Å². The zero-order valence-electron chi connectivity index (χ0n) is 14.3. The maximum Gasteiger partial charge on any atom is 0.416 e. The van der Waals surface area contributed by atoms with Crippen molar-refractivity contribution in [2.75, 3.05) is 14.2 Å². The summed E-state index contributed by atoms with van der Waals surface area (Å²) in [5.41, 5.74) is 0.683. The Morgan fingerprint density at radius 3 is 2.08 bits per heavy atom. The molecule has 0 heterocycles. The Bertz CT molecular complexity index is 758. The van der Waals surface area contributed by atoms with E-state index in [4.69, 9.17) is 4.74 Å². The van der Waals surface area contributed by atoms with Crippen LogP contribution in [-0.2, 0) is 19.3 Å². The first kappa shape index (κ1) is 19.6. The Morgan fingerprint density at radius 1 is 1.00 bits per heavy atom. The van der Waals surface area contributed by atoms with Gasteiger partial charge in [-0.25, -0.2) is 4.39 Å². The lowest BCUT2D eigenvalue weighted by Crippen LogP contribution is -2.36. The molecule has 0 atom stereocenters. The van der Waals surface area contributed by atoms with Gasteiger partial charge in [-0.05, 0) is 35.4 Å². The first-order chi connectivity index (χ1) is 12.3. The molecule has 26 heavy (non-hydrogen) atoms. The summed E-state index contributed by atoms with van der Waals surface area (Å²) in [5, 5.41) is 6.00. The van der Waals surface area contributed by atoms with E-state index in [0.717, 1.165) is 12.1 Å². The standard InChI is InChI=1S/C18H19F4N3O/c1-23-17(25-11-13-5-8-16(26-2)15(19)9-13)24-10-12-3-6-14(7-4-12)18(20,21)22/h3-9H,10-11H2,1-2H3,(H2,23,24,25). The maximum atomic E-state index is 13.7. The third kappa shape index (κ3) is 5.37. The molecule has 0 aromatic heterocycles. The minimum absolute atomic E-state index is 0.165. The van der Waals surface area contributed by atoms with Gasteiger partial charge in [-0.3, -0.25) is 4.99 Å². The minimum Gasteiger partial charge on any atom is -0.494 e. The summed E-state index contributed by atoms with van der Waals surface area (Å²) < 4.78 is 56.2. The average molecular weight is 369 g/mol. The number of benzene rings is 2. The number of methoxy groups -OCH3 is 1. The fourth-order valence-corrected chi connectivity index (χ4v) is 2.22. The first-order valence-electron chi connectivity index (χ1n) is 7.76. The molecule has 2 rings (SSSR count). The van der Waals surface area contributed by atoms with Gasteiger partial charge in [-0.2, -0.15) is 13.2 Å². The molecule has 0 aliphatic heterocycles. The zero-order chi connectivity index (χ0) is 19.2. The van der Waals surface area contributed by atoms with Gasteiger partial charge in [0.25, 0.3) is 0 Å². The van der Waals surface area contributed by atoms with E-state index < -0.39 is 17.6 Å². The van der Waals surface area contributed by atoms with Gasteiger partial charge in [0.1, 0.15) is 0 Å². The summed E-state index contributed by atoms with van der Waals surface area (Å²) in [6.45, 7) is 0.627. The van der Waals surface area contributed by atoms with E-state index in [1.54, 1.807) is 13.1 Å². The lowest BCUT2D eigenvalue weighted by atomic mass is 10.1. The number of nitrogens with zero attached hydrogens (tertiary/aromatic N) is 1. The van der Waals surface area contributed by atoms with Crippen LogP contribution in [0.15, 0.2) is 47.5 Å². The molecule has 8 heteroatoms. The van der Waals surface area contributed by atoms with Crippen LogP contribution >= 0.6 is 0 Å². The van der Waals surface area contributed by atoms with Crippen LogP contribution < -0.4 is 15.4 Å². The van der Waals surface area contributed by atoms with Gasteiger partial charge >= 0.3 is 6.18 Å². The SMILES string of the molecule is CN=C(NCc1ccc(C(F)(F)F)cc1)NCc1ccc(OC)c(F)c1. The molecule has 0 amide bonds. The summed E-state index contributed by atoms with van der Waals surface area (Å²) in [4.78, 5) is 4.03. The van der Waals surface area contributed by atoms with E-state index in [9.17, 15) is 17.6 Å². The summed E-state index contributed by atoms with van der Waals surface area (Å²) in [6, 6.07) is 9.49. The third-order valence-electron chi connectivity index (χ3n) is 3.64. The van der Waals surface area contributed by atoms with Crippen molar-refractivity contribution in [1.82, 2.24) is 10.6 Å². The van der Waals surface area contributed by atoms with Crippen molar-refractivity contribution < 1.29 is 22.3 Å². The van der Waals surface area contributed by atoms with Crippen LogP contribution in [0.25, 0.3) is 0 Å². The van der Waals surface area contributed by atoms with Crippen molar-refractivity contribution in [3.05, 3.63) is 65.0 Å². The highest BCUT2D eigenvalue weighted by Gasteiger charge is 2.29. The lowest BCUT2D eigenvalue weighted by Gasteiger charge is -2.13. The van der Waals surface area contributed by atoms with Crippen LogP contribution in [0.3, 0.4) is 0 Å². The second-order valence-corrected chi connectivity index (χ2v) is 5.44. The van der Waals surface area contributed by atoms with Crippen LogP contribution in [0.5, 0.6) is 5.75 Å². The molecular formula is C18H19F4N3O. The highest BCUT2D eigenvalue weighted by Crippen LogP contribution is 2.29. The van der Waals surface area contributed by atoms with Crippen LogP contribution in [0, 0.1) is 5.82 Å². The Balaban J connectivity index is 1.89. The molecule has 0 unspecified atom stereocenters. The number of guanidine groups is 1. The molecule has 4 nitrogen and oxygen atoms in total. The predicted octanol–water partition coefficient (Wildman–Crippen LogP) is 3.72. The van der Waals surface area contributed by atoms with Crippen molar-refractivity contribution in [3.8, 4) is 5.75 Å². The van der Waals surface area contributed by atoms with Gasteiger partial charge in [-0.1, -0.05) is 18.2 Å². The van der Waals surface area contributed by atoms with E-state index in [-0.39, 0.29) is 5.75 Å². The highest BCUT2D eigenvalue weighted by molar-refractivity contribution is 5.79. The molecule has 2 N–H and O–H groups in total. The Morgan fingerprint density at radius 2 is 1.58 bits per heavy atom. The van der Waals surface area contributed by atoms with Gasteiger partial charge in [0.15, 0.2) is 17.5 Å². The molecule has 2 aromatic carbocycles. The average Bonchev–Trinajstić information content (AvgIpc) is 2.61. The molecular weight excluding hydrogens is 350 g/mol. The summed E-state index contributed by atoms with van der Waals surface area (Å²) >= 11 is 0. The number of halogens is 4. The van der Waals surface area contributed by atoms with Gasteiger partial charge in [-0.15, -0.1) is 0 Å². The topological polar surface area (TPSA) is 45.7 Å². The van der Waals surface area contributed by atoms with E-state index in [1.807, 2.05) is 0 Å². The molecule has 0 aliphatic rings. The van der Waals surface area contributed by atoms with E-state index >= 15 is 0 Å². The lowest BCUT2D eigenvalue weighted by molar-refractivity contribution is -0.137. The largest absolute Gasteiger partial charge is 0.494 e. The molecule has 0 fully saturated rings. The molecule has 0 bridgehead atoms. The predicted molar refractivity (Wildman–Crippen MR) is 91.4 cm³/mol. The molecule has 0 aliphatic carbocycles. The highest BCUT2D eigenvalue weighted by atomic mass is 19.4. The Kier molecular flexibility index (Phi) is 6.43. The summed E-state index contributed by atoms with van der Waals surface area (Å²) in [5.74, 6) is 0.152. The number of rotatable bonds is 5. The quantitative estimate of drug-likeness (QED) is 0.480. The molecule has 0 radical (unpaired) electrons. The van der Waals surface area contributed by atoms with Crippen LogP contribution in [-0.4, -0.2) is 20.1 Å². The summed E-state index contributed by atoms with van der Waals surface area (Å²) in [7, 11) is 2.96. The van der Waals surface area contributed by atoms with Crippen molar-refractivity contribution in [2.24, 2.45) is 4.99 Å². The van der Waals surface area contributed by atoms with Crippen molar-refractivity contribution in [3.63, 3.8) is 0 Å². The van der Waals surface area contributed by atoms with Crippen molar-refractivity contribution in [2.45, 2.75) is 19.3 Å². The molecule has 140 valence electrons. The second kappa shape index (κ2) is 8.55. The van der Waals surface area contributed by atoms with Crippen LogP contribution in [0.4, 0.5) is 17.6 Å². The Labute approximate surface area is 148 Å². The number of ether oxygens (including phenoxy) is 1. The van der Waals surface area contributed by atoms with E-state index in [0.29, 0.717) is 30.2 Å². The van der Waals surface area contributed by atoms with Gasteiger partial charge in [0.2, 0.25) is 0 Å². The van der Waals surface area contributed by atoms with Gasteiger partial charge in [0, 0.05) is 20.1 Å². The third-order valence-corrected chi connectivity index (χ3v) is 3.64. The minimum atomic E-state index is -4.35. The van der Waals surface area contributed by atoms with Crippen LogP contribution in [0.1, 0.15) is 16.7 Å². The zero-order valence-corrected chi connectivity index (χ0v) is 14.3. The summed E-state index contributed by atoms with van der Waals surface area (Å²) in [6.07, 6.45) is -4.35. The van der Waals surface area contributed by atoms with Crippen LogP contribution in [0.2, 0.25) is 0 Å². The van der Waals surface area contributed by atoms with Gasteiger partial charge in [0.05, 0.1) is 12.7 Å². The number of hydrogen-bond donors (Lipinski definition) is 2. The van der Waals surface area contributed by atoms with Crippen molar-refractivity contribution >= 4 is 5.96 Å². The smallest absolute Gasteiger partial charge is 0.416 e. The van der Waals surface area contributed by atoms with E-state index in [2.05, 4.69) is 15.6 Å². The molecule has 0 saturated heterocycles. The fraction of sp³-hybridized carbons (Fsp3) is 0.278. The normalized spacial score (nSPS) is 12.0. The molecule has 0 saturated carbocycles. The molecule has 2 aromatic rings. The monoisotopic (exact) mass is 369 g/mol. The second-order valence-electron chi connectivity index (χ2n) is 5.44. The number of alkyl halides is 3. The number of aliphatic imine (C=N–C) groups is 1. The Hall–Kier alpha value is -2.77. The molecule has 0 spiro atoms. The number of hydrogen-bond acceptors (Lipinski definition) is 2. The van der Waals surface area contributed by atoms with Gasteiger partial charge < -0.3 is 15.4 Å². The van der Waals surface area contributed by atoms with E-state index in [1.165, 1.54) is 31.4 Å². The fourth-order valence-electron chi connectivity index (χ4n) is 2.22. The number of nitrogens with one attached hydrogen (secondary N) is 2. The first-order valence-corrected chi connectivity index (χ1v) is 7.76. The maximum absolute atomic E-state index is 13.7.